The van der Waals surface area contributed by atoms with Crippen molar-refractivity contribution in [2.75, 3.05) is 6.61 Å². The second-order valence-corrected chi connectivity index (χ2v) is 8.84. The van der Waals surface area contributed by atoms with Gasteiger partial charge in [-0.1, -0.05) is 69.3 Å². The lowest BCUT2D eigenvalue weighted by Crippen LogP contribution is -2.56. The van der Waals surface area contributed by atoms with E-state index >= 15 is 0 Å². The Bertz CT molecular complexity index is 950. The summed E-state index contributed by atoms with van der Waals surface area (Å²) in [6.07, 6.45) is -0.722. The van der Waals surface area contributed by atoms with Crippen LogP contribution in [0.15, 0.2) is 48.5 Å². The number of carboxylic acids is 1. The summed E-state index contributed by atoms with van der Waals surface area (Å²) in [5.41, 5.74) is 3.80. The van der Waals surface area contributed by atoms with Crippen LogP contribution in [0, 0.1) is 5.41 Å². The molecule has 0 aromatic heterocycles. The minimum atomic E-state index is -1.15. The number of hydrogen-bond donors (Lipinski definition) is 3. The molecule has 3 rings (SSSR count). The van der Waals surface area contributed by atoms with Crippen LogP contribution >= 0.6 is 0 Å². The van der Waals surface area contributed by atoms with Crippen molar-refractivity contribution in [1.29, 1.82) is 0 Å². The van der Waals surface area contributed by atoms with E-state index < -0.39 is 35.5 Å². The molecule has 0 radical (unpaired) electrons. The summed E-state index contributed by atoms with van der Waals surface area (Å²) >= 11 is 0. The first-order chi connectivity index (χ1) is 14.6. The van der Waals surface area contributed by atoms with Crippen molar-refractivity contribution in [3.8, 4) is 11.1 Å². The number of amides is 2. The molecule has 164 valence electrons. The minimum Gasteiger partial charge on any atom is -0.480 e. The Morgan fingerprint density at radius 3 is 1.97 bits per heavy atom. The maximum Gasteiger partial charge on any atom is 0.407 e. The van der Waals surface area contributed by atoms with Crippen LogP contribution in [0.1, 0.15) is 44.7 Å². The third kappa shape index (κ3) is 4.87. The topological polar surface area (TPSA) is 105 Å². The number of fused-ring (bicyclic) bond motifs is 3. The Hall–Kier alpha value is -3.35. The highest BCUT2D eigenvalue weighted by Gasteiger charge is 2.35. The largest absolute Gasteiger partial charge is 0.480 e. The molecule has 0 saturated carbocycles. The first kappa shape index (κ1) is 22.3. The van der Waals surface area contributed by atoms with E-state index in [9.17, 15) is 14.4 Å². The van der Waals surface area contributed by atoms with Crippen LogP contribution in [0.3, 0.4) is 0 Å². The van der Waals surface area contributed by atoms with E-state index in [2.05, 4.69) is 22.8 Å². The Balaban J connectivity index is 1.70. The summed E-state index contributed by atoms with van der Waals surface area (Å²) in [4.78, 5) is 36.2. The van der Waals surface area contributed by atoms with E-state index in [1.54, 1.807) is 20.8 Å². The molecule has 0 aliphatic heterocycles. The van der Waals surface area contributed by atoms with Crippen LogP contribution in [0.2, 0.25) is 0 Å². The maximum absolute atomic E-state index is 12.6. The first-order valence-corrected chi connectivity index (χ1v) is 10.2. The Morgan fingerprint density at radius 1 is 0.968 bits per heavy atom. The molecule has 1 aliphatic carbocycles. The van der Waals surface area contributed by atoms with Gasteiger partial charge >= 0.3 is 12.1 Å². The van der Waals surface area contributed by atoms with Gasteiger partial charge in [-0.25, -0.2) is 4.79 Å². The van der Waals surface area contributed by atoms with Gasteiger partial charge < -0.3 is 20.5 Å². The van der Waals surface area contributed by atoms with Crippen molar-refractivity contribution in [1.82, 2.24) is 10.6 Å². The second kappa shape index (κ2) is 8.79. The quantitative estimate of drug-likeness (QED) is 0.658. The van der Waals surface area contributed by atoms with Crippen LogP contribution in [0.4, 0.5) is 4.79 Å². The maximum atomic E-state index is 12.6. The Kier molecular flexibility index (Phi) is 6.34. The van der Waals surface area contributed by atoms with E-state index in [-0.39, 0.29) is 12.5 Å². The summed E-state index contributed by atoms with van der Waals surface area (Å²) in [7, 11) is 0. The van der Waals surface area contributed by atoms with Gasteiger partial charge in [0.2, 0.25) is 5.91 Å². The van der Waals surface area contributed by atoms with Gasteiger partial charge in [-0.05, 0) is 34.6 Å². The second-order valence-electron chi connectivity index (χ2n) is 8.84. The fraction of sp³-hybridized carbons (Fsp3) is 0.375. The molecular formula is C24H28N2O5. The summed E-state index contributed by atoms with van der Waals surface area (Å²) in [5, 5.41) is 14.0. The molecule has 7 nitrogen and oxygen atoms in total. The number of aliphatic carboxylic acids is 1. The highest BCUT2D eigenvalue weighted by molar-refractivity contribution is 5.89. The van der Waals surface area contributed by atoms with Crippen LogP contribution in [0.25, 0.3) is 11.1 Å². The van der Waals surface area contributed by atoms with E-state index in [1.165, 1.54) is 6.92 Å². The Labute approximate surface area is 181 Å². The van der Waals surface area contributed by atoms with Crippen molar-refractivity contribution in [3.63, 3.8) is 0 Å². The zero-order chi connectivity index (χ0) is 22.8. The van der Waals surface area contributed by atoms with Crippen molar-refractivity contribution in [3.05, 3.63) is 59.7 Å². The normalized spacial score (nSPS) is 14.7. The standard InChI is InChI=1S/C24H28N2O5/c1-14(22(28)29)25-21(27)20(24(2,3)4)26-23(30)31-13-19-17-11-7-5-9-15(17)16-10-6-8-12-18(16)19/h5-12,14,19-20H,13H2,1-4H3,(H,25,27)(H,26,30)(H,28,29). The number of hydrogen-bond acceptors (Lipinski definition) is 4. The van der Waals surface area contributed by atoms with Gasteiger partial charge in [-0.3, -0.25) is 9.59 Å². The molecule has 0 heterocycles. The molecular weight excluding hydrogens is 396 g/mol. The van der Waals surface area contributed by atoms with E-state index in [1.807, 2.05) is 36.4 Å². The molecule has 0 spiro atoms. The van der Waals surface area contributed by atoms with Gasteiger partial charge in [0, 0.05) is 5.92 Å². The van der Waals surface area contributed by atoms with Crippen molar-refractivity contribution in [2.45, 2.75) is 45.7 Å². The van der Waals surface area contributed by atoms with E-state index in [0.29, 0.717) is 0 Å². The smallest absolute Gasteiger partial charge is 0.407 e. The summed E-state index contributed by atoms with van der Waals surface area (Å²) in [6.45, 7) is 6.85. The summed E-state index contributed by atoms with van der Waals surface area (Å²) in [5.74, 6) is -1.81. The van der Waals surface area contributed by atoms with Crippen LogP contribution in [-0.4, -0.2) is 41.8 Å². The van der Waals surface area contributed by atoms with Gasteiger partial charge in [0.1, 0.15) is 18.7 Å². The molecule has 0 bridgehead atoms. The number of rotatable bonds is 6. The Morgan fingerprint density at radius 2 is 1.48 bits per heavy atom. The molecule has 31 heavy (non-hydrogen) atoms. The number of benzene rings is 2. The molecule has 2 aromatic carbocycles. The fourth-order valence-corrected chi connectivity index (χ4v) is 3.79. The molecule has 1 aliphatic rings. The van der Waals surface area contributed by atoms with Gasteiger partial charge in [0.15, 0.2) is 0 Å². The number of nitrogens with one attached hydrogen (secondary N) is 2. The minimum absolute atomic E-state index is 0.0907. The summed E-state index contributed by atoms with van der Waals surface area (Å²) < 4.78 is 5.52. The van der Waals surface area contributed by atoms with Gasteiger partial charge in [-0.15, -0.1) is 0 Å². The molecule has 0 fully saturated rings. The number of alkyl carbamates (subject to hydrolysis) is 1. The van der Waals surface area contributed by atoms with Crippen LogP contribution in [0.5, 0.6) is 0 Å². The third-order valence-electron chi connectivity index (χ3n) is 5.46. The molecule has 2 atom stereocenters. The molecule has 2 unspecified atom stereocenters. The fourth-order valence-electron chi connectivity index (χ4n) is 3.79. The lowest BCUT2D eigenvalue weighted by atomic mass is 9.86. The lowest BCUT2D eigenvalue weighted by Gasteiger charge is -2.30. The zero-order valence-corrected chi connectivity index (χ0v) is 18.1. The average molecular weight is 424 g/mol. The van der Waals surface area contributed by atoms with Gasteiger partial charge in [0.25, 0.3) is 0 Å². The summed E-state index contributed by atoms with van der Waals surface area (Å²) in [6, 6.07) is 14.0. The van der Waals surface area contributed by atoms with Crippen LogP contribution < -0.4 is 10.6 Å². The average Bonchev–Trinajstić information content (AvgIpc) is 3.03. The predicted molar refractivity (Wildman–Crippen MR) is 117 cm³/mol. The number of carbonyl (C=O) groups is 3. The number of ether oxygens (including phenoxy) is 1. The van der Waals surface area contributed by atoms with E-state index in [4.69, 9.17) is 9.84 Å². The SMILES string of the molecule is CC(NC(=O)C(NC(=O)OCC1c2ccccc2-c2ccccc21)C(C)(C)C)C(=O)O. The lowest BCUT2D eigenvalue weighted by molar-refractivity contribution is -0.142. The molecule has 0 saturated heterocycles. The first-order valence-electron chi connectivity index (χ1n) is 10.2. The zero-order valence-electron chi connectivity index (χ0n) is 18.1. The monoisotopic (exact) mass is 424 g/mol. The van der Waals surface area contributed by atoms with Gasteiger partial charge in [-0.2, -0.15) is 0 Å². The highest BCUT2D eigenvalue weighted by Crippen LogP contribution is 2.44. The van der Waals surface area contributed by atoms with Gasteiger partial charge in [0.05, 0.1) is 0 Å². The third-order valence-corrected chi connectivity index (χ3v) is 5.46. The molecule has 2 aromatic rings. The molecule has 3 N–H and O–H groups in total. The van der Waals surface area contributed by atoms with Crippen molar-refractivity contribution < 1.29 is 24.2 Å². The molecule has 7 heteroatoms. The van der Waals surface area contributed by atoms with Crippen LogP contribution in [-0.2, 0) is 14.3 Å². The number of carboxylic acid groups (broad SMARTS) is 1. The van der Waals surface area contributed by atoms with Crippen molar-refractivity contribution in [2.24, 2.45) is 5.41 Å². The predicted octanol–water partition coefficient (Wildman–Crippen LogP) is 3.53. The molecule has 2 amide bonds. The number of carbonyl (C=O) groups excluding carboxylic acids is 2. The highest BCUT2D eigenvalue weighted by atomic mass is 16.5. The van der Waals surface area contributed by atoms with Crippen molar-refractivity contribution >= 4 is 18.0 Å². The van der Waals surface area contributed by atoms with E-state index in [0.717, 1.165) is 22.3 Å².